The first kappa shape index (κ1) is 21.3. The maximum Gasteiger partial charge on any atom is 0.275 e. The number of halogens is 1. The first-order valence-electron chi connectivity index (χ1n) is 10.2. The Bertz CT molecular complexity index is 1130. The molecule has 1 aliphatic heterocycles. The quantitative estimate of drug-likeness (QED) is 0.578. The SMILES string of the molecule is CC(C)(C)C(=O)N1CCc2cc(Br)c(NC(=O)c3cn(Cc4ccccc4)cn3)cc21. The molecule has 0 atom stereocenters. The lowest BCUT2D eigenvalue weighted by Crippen LogP contribution is -2.38. The fraction of sp³-hybridized carbons (Fsp3) is 0.292. The molecule has 31 heavy (non-hydrogen) atoms. The minimum atomic E-state index is -0.469. The largest absolute Gasteiger partial charge is 0.332 e. The van der Waals surface area contributed by atoms with E-state index in [-0.39, 0.29) is 11.8 Å². The summed E-state index contributed by atoms with van der Waals surface area (Å²) in [4.78, 5) is 31.7. The molecule has 0 saturated heterocycles. The van der Waals surface area contributed by atoms with Gasteiger partial charge in [-0.15, -0.1) is 0 Å². The molecule has 0 spiro atoms. The van der Waals surface area contributed by atoms with Gasteiger partial charge in [-0.25, -0.2) is 4.98 Å². The molecule has 0 radical (unpaired) electrons. The van der Waals surface area contributed by atoms with E-state index in [1.54, 1.807) is 12.5 Å². The molecule has 0 fully saturated rings. The Labute approximate surface area is 190 Å². The summed E-state index contributed by atoms with van der Waals surface area (Å²) in [5.41, 5.74) is 3.57. The predicted molar refractivity (Wildman–Crippen MR) is 125 cm³/mol. The number of carbonyl (C=O) groups excluding carboxylic acids is 2. The summed E-state index contributed by atoms with van der Waals surface area (Å²) < 4.78 is 2.67. The van der Waals surface area contributed by atoms with E-state index in [2.05, 4.69) is 26.2 Å². The highest BCUT2D eigenvalue weighted by molar-refractivity contribution is 9.10. The second-order valence-corrected chi connectivity index (χ2v) is 9.64. The molecule has 4 rings (SSSR count). The van der Waals surface area contributed by atoms with Crippen LogP contribution in [0.2, 0.25) is 0 Å². The van der Waals surface area contributed by atoms with Gasteiger partial charge < -0.3 is 14.8 Å². The van der Waals surface area contributed by atoms with Crippen LogP contribution in [0.25, 0.3) is 0 Å². The number of anilines is 2. The molecule has 0 aliphatic carbocycles. The normalized spacial score (nSPS) is 13.2. The van der Waals surface area contributed by atoms with Gasteiger partial charge in [0, 0.05) is 34.9 Å². The standard InChI is InChI=1S/C24H25BrN4O2/c1-24(2,3)23(31)29-10-9-17-11-18(25)19(12-21(17)29)27-22(30)20-14-28(15-26-20)13-16-7-5-4-6-8-16/h4-8,11-12,14-15H,9-10,13H2,1-3H3,(H,27,30). The van der Waals surface area contributed by atoms with Gasteiger partial charge in [-0.1, -0.05) is 51.1 Å². The first-order valence-corrected chi connectivity index (χ1v) is 11.0. The number of nitrogens with one attached hydrogen (secondary N) is 1. The number of fused-ring (bicyclic) bond motifs is 1. The Morgan fingerprint density at radius 3 is 2.61 bits per heavy atom. The van der Waals surface area contributed by atoms with E-state index < -0.39 is 5.41 Å². The minimum absolute atomic E-state index is 0.0745. The summed E-state index contributed by atoms with van der Waals surface area (Å²) in [6.07, 6.45) is 4.19. The van der Waals surface area contributed by atoms with Crippen molar-refractivity contribution >= 4 is 39.1 Å². The van der Waals surface area contributed by atoms with Crippen LogP contribution in [0.15, 0.2) is 59.5 Å². The zero-order chi connectivity index (χ0) is 22.2. The van der Waals surface area contributed by atoms with E-state index in [1.165, 1.54) is 0 Å². The Balaban J connectivity index is 1.52. The summed E-state index contributed by atoms with van der Waals surface area (Å²) in [7, 11) is 0. The lowest BCUT2D eigenvalue weighted by atomic mass is 9.94. The molecule has 1 aliphatic rings. The molecule has 2 amide bonds. The summed E-state index contributed by atoms with van der Waals surface area (Å²) in [6, 6.07) is 13.9. The monoisotopic (exact) mass is 480 g/mol. The van der Waals surface area contributed by atoms with Crippen LogP contribution < -0.4 is 10.2 Å². The van der Waals surface area contributed by atoms with Gasteiger partial charge in [0.05, 0.1) is 12.0 Å². The fourth-order valence-corrected chi connectivity index (χ4v) is 4.15. The van der Waals surface area contributed by atoms with Crippen LogP contribution in [-0.4, -0.2) is 27.9 Å². The smallest absolute Gasteiger partial charge is 0.275 e. The Morgan fingerprint density at radius 1 is 1.16 bits per heavy atom. The molecule has 6 nitrogen and oxygen atoms in total. The third kappa shape index (κ3) is 4.56. The lowest BCUT2D eigenvalue weighted by molar-refractivity contribution is -0.125. The fourth-order valence-electron chi connectivity index (χ4n) is 3.66. The van der Waals surface area contributed by atoms with Crippen LogP contribution >= 0.6 is 15.9 Å². The molecular weight excluding hydrogens is 456 g/mol. The molecule has 1 aromatic heterocycles. The van der Waals surface area contributed by atoms with E-state index in [0.717, 1.165) is 27.7 Å². The van der Waals surface area contributed by atoms with E-state index in [1.807, 2.05) is 72.7 Å². The Hall–Kier alpha value is -2.93. The number of benzene rings is 2. The number of aromatic nitrogens is 2. The second-order valence-electron chi connectivity index (χ2n) is 8.79. The van der Waals surface area contributed by atoms with Crippen molar-refractivity contribution in [2.75, 3.05) is 16.8 Å². The van der Waals surface area contributed by atoms with Crippen LogP contribution in [0.1, 0.15) is 42.4 Å². The zero-order valence-electron chi connectivity index (χ0n) is 17.9. The number of imidazole rings is 1. The predicted octanol–water partition coefficient (Wildman–Crippen LogP) is 4.88. The van der Waals surface area contributed by atoms with Gasteiger partial charge in [-0.2, -0.15) is 0 Å². The van der Waals surface area contributed by atoms with Crippen LogP contribution in [0.5, 0.6) is 0 Å². The number of nitrogens with zero attached hydrogens (tertiary/aromatic N) is 3. The lowest BCUT2D eigenvalue weighted by Gasteiger charge is -2.26. The molecule has 160 valence electrons. The van der Waals surface area contributed by atoms with Crippen LogP contribution in [-0.2, 0) is 17.8 Å². The molecule has 0 unspecified atom stereocenters. The van der Waals surface area contributed by atoms with Gasteiger partial charge in [-0.05, 0) is 45.6 Å². The van der Waals surface area contributed by atoms with E-state index in [4.69, 9.17) is 0 Å². The third-order valence-electron chi connectivity index (χ3n) is 5.27. The summed E-state index contributed by atoms with van der Waals surface area (Å²) in [5.74, 6) is -0.218. The van der Waals surface area contributed by atoms with Crippen molar-refractivity contribution in [1.82, 2.24) is 9.55 Å². The van der Waals surface area contributed by atoms with Gasteiger partial charge >= 0.3 is 0 Å². The molecule has 1 N–H and O–H groups in total. The van der Waals surface area contributed by atoms with Crippen LogP contribution in [0.4, 0.5) is 11.4 Å². The minimum Gasteiger partial charge on any atom is -0.332 e. The highest BCUT2D eigenvalue weighted by atomic mass is 79.9. The van der Waals surface area contributed by atoms with E-state index in [0.29, 0.717) is 24.5 Å². The number of amides is 2. The summed E-state index contributed by atoms with van der Waals surface area (Å²) >= 11 is 3.55. The Kier molecular flexibility index (Phi) is 5.71. The maximum atomic E-state index is 12.8. The average molecular weight is 481 g/mol. The molecule has 2 aromatic carbocycles. The van der Waals surface area contributed by atoms with Gasteiger partial charge in [0.2, 0.25) is 5.91 Å². The number of carbonyl (C=O) groups is 2. The molecule has 0 saturated carbocycles. The van der Waals surface area contributed by atoms with Crippen molar-refractivity contribution in [1.29, 1.82) is 0 Å². The Morgan fingerprint density at radius 2 is 1.90 bits per heavy atom. The molecule has 0 bridgehead atoms. The van der Waals surface area contributed by atoms with Gasteiger partial charge in [0.15, 0.2) is 0 Å². The van der Waals surface area contributed by atoms with Crippen molar-refractivity contribution in [3.63, 3.8) is 0 Å². The van der Waals surface area contributed by atoms with Crippen LogP contribution in [0, 0.1) is 5.41 Å². The zero-order valence-corrected chi connectivity index (χ0v) is 19.4. The van der Waals surface area contributed by atoms with Crippen molar-refractivity contribution in [2.45, 2.75) is 33.7 Å². The van der Waals surface area contributed by atoms with Crippen molar-refractivity contribution in [2.24, 2.45) is 5.41 Å². The van der Waals surface area contributed by atoms with E-state index in [9.17, 15) is 9.59 Å². The van der Waals surface area contributed by atoms with E-state index >= 15 is 0 Å². The highest BCUT2D eigenvalue weighted by Gasteiger charge is 2.33. The first-order chi connectivity index (χ1) is 14.7. The van der Waals surface area contributed by atoms with Gasteiger partial charge in [0.25, 0.3) is 5.91 Å². The van der Waals surface area contributed by atoms with Crippen LogP contribution in [0.3, 0.4) is 0 Å². The topological polar surface area (TPSA) is 67.2 Å². The maximum absolute atomic E-state index is 12.8. The van der Waals surface area contributed by atoms with Crippen molar-refractivity contribution < 1.29 is 9.59 Å². The molecule has 7 heteroatoms. The van der Waals surface area contributed by atoms with Crippen molar-refractivity contribution in [3.05, 3.63) is 76.3 Å². The van der Waals surface area contributed by atoms with Gasteiger partial charge in [0.1, 0.15) is 5.69 Å². The summed E-state index contributed by atoms with van der Waals surface area (Å²) in [5, 5.41) is 2.93. The van der Waals surface area contributed by atoms with Gasteiger partial charge in [-0.3, -0.25) is 9.59 Å². The number of hydrogen-bond donors (Lipinski definition) is 1. The second kappa shape index (κ2) is 8.30. The molecule has 3 aromatic rings. The van der Waals surface area contributed by atoms with Crippen molar-refractivity contribution in [3.8, 4) is 0 Å². The average Bonchev–Trinajstić information content (AvgIpc) is 3.35. The summed E-state index contributed by atoms with van der Waals surface area (Å²) in [6.45, 7) is 7.05. The third-order valence-corrected chi connectivity index (χ3v) is 5.93. The molecule has 2 heterocycles. The number of rotatable bonds is 4. The highest BCUT2D eigenvalue weighted by Crippen LogP contribution is 2.38. The number of hydrogen-bond acceptors (Lipinski definition) is 3. The molecular formula is C24H25BrN4O2.